The Morgan fingerprint density at radius 1 is 1.33 bits per heavy atom. The third-order valence-corrected chi connectivity index (χ3v) is 2.97. The van der Waals surface area contributed by atoms with Gasteiger partial charge in [0, 0.05) is 18.9 Å². The van der Waals surface area contributed by atoms with Crippen molar-refractivity contribution in [2.75, 3.05) is 0 Å². The zero-order valence-electron chi connectivity index (χ0n) is 12.4. The normalized spacial score (nSPS) is 14.9. The Hall–Kier alpha value is -0.640. The fourth-order valence-corrected chi connectivity index (χ4v) is 2.46. The fourth-order valence-electron chi connectivity index (χ4n) is 2.26. The molecule has 18 heavy (non-hydrogen) atoms. The highest BCUT2D eigenvalue weighted by Gasteiger charge is 2.19. The summed E-state index contributed by atoms with van der Waals surface area (Å²) in [5, 5.41) is 3.01. The van der Waals surface area contributed by atoms with Crippen LogP contribution in [0.1, 0.15) is 60.3 Å². The molecule has 3 nitrogen and oxygen atoms in total. The first-order valence-corrected chi connectivity index (χ1v) is 7.12. The number of carbonyl (C=O) groups excluding carboxylic acids is 1. The zero-order valence-corrected chi connectivity index (χ0v) is 13.2. The predicted octanol–water partition coefficient (Wildman–Crippen LogP) is 3.02. The third-order valence-electron chi connectivity index (χ3n) is 2.80. The van der Waals surface area contributed by atoms with Gasteiger partial charge in [-0.2, -0.15) is 0 Å². The molecule has 0 rings (SSSR count). The number of hydrogen-bond acceptors (Lipinski definition) is 2. The third kappa shape index (κ3) is 9.40. The van der Waals surface area contributed by atoms with E-state index in [0.717, 1.165) is 12.8 Å². The van der Waals surface area contributed by atoms with Crippen molar-refractivity contribution in [3.8, 4) is 0 Å². The molecule has 2 atom stereocenters. The number of carbonyl (C=O) groups is 1. The lowest BCUT2D eigenvalue weighted by Crippen LogP contribution is -2.37. The number of thiocarbonyl (C=S) groups is 1. The summed E-state index contributed by atoms with van der Waals surface area (Å²) in [5.41, 5.74) is 5.78. The van der Waals surface area contributed by atoms with Gasteiger partial charge in [-0.3, -0.25) is 4.79 Å². The molecule has 0 bridgehead atoms. The molecule has 3 N–H and O–H groups in total. The van der Waals surface area contributed by atoms with Crippen molar-refractivity contribution in [2.45, 2.75) is 66.3 Å². The molecule has 0 saturated carbocycles. The van der Waals surface area contributed by atoms with Crippen molar-refractivity contribution in [3.05, 3.63) is 0 Å². The summed E-state index contributed by atoms with van der Waals surface area (Å²) >= 11 is 4.88. The van der Waals surface area contributed by atoms with Crippen LogP contribution in [-0.2, 0) is 4.79 Å². The Morgan fingerprint density at radius 2 is 1.89 bits per heavy atom. The quantitative estimate of drug-likeness (QED) is 0.700. The topological polar surface area (TPSA) is 55.1 Å². The Balaban J connectivity index is 4.12. The van der Waals surface area contributed by atoms with E-state index in [1.54, 1.807) is 0 Å². The summed E-state index contributed by atoms with van der Waals surface area (Å²) in [6.07, 6.45) is 3.07. The zero-order chi connectivity index (χ0) is 14.3. The molecule has 0 aromatic rings. The Morgan fingerprint density at radius 3 is 2.28 bits per heavy atom. The van der Waals surface area contributed by atoms with E-state index in [0.29, 0.717) is 23.7 Å². The maximum Gasteiger partial charge on any atom is 0.220 e. The van der Waals surface area contributed by atoms with Gasteiger partial charge in [0.25, 0.3) is 0 Å². The highest BCUT2D eigenvalue weighted by Crippen LogP contribution is 2.25. The van der Waals surface area contributed by atoms with Gasteiger partial charge in [0.15, 0.2) is 0 Å². The lowest BCUT2D eigenvalue weighted by atomic mass is 9.84. The van der Waals surface area contributed by atoms with Crippen LogP contribution in [0.25, 0.3) is 0 Å². The van der Waals surface area contributed by atoms with E-state index in [2.05, 4.69) is 33.0 Å². The monoisotopic (exact) mass is 272 g/mol. The van der Waals surface area contributed by atoms with Crippen molar-refractivity contribution < 1.29 is 4.79 Å². The van der Waals surface area contributed by atoms with Crippen LogP contribution in [-0.4, -0.2) is 16.9 Å². The molecule has 0 aliphatic heterocycles. The first kappa shape index (κ1) is 17.4. The maximum atomic E-state index is 11.9. The highest BCUT2D eigenvalue weighted by molar-refractivity contribution is 7.80. The van der Waals surface area contributed by atoms with E-state index < -0.39 is 0 Å². The summed E-state index contributed by atoms with van der Waals surface area (Å²) in [5.74, 6) is 0.502. The second-order valence-electron chi connectivity index (χ2n) is 6.42. The average molecular weight is 272 g/mol. The highest BCUT2D eigenvalue weighted by atomic mass is 32.1. The molecule has 0 aromatic carbocycles. The van der Waals surface area contributed by atoms with Crippen LogP contribution in [0.5, 0.6) is 0 Å². The molecule has 2 unspecified atom stereocenters. The molecule has 0 fully saturated rings. The summed E-state index contributed by atoms with van der Waals surface area (Å²) < 4.78 is 0. The second-order valence-corrected chi connectivity index (χ2v) is 6.94. The van der Waals surface area contributed by atoms with Gasteiger partial charge < -0.3 is 11.1 Å². The largest absolute Gasteiger partial charge is 0.393 e. The maximum absolute atomic E-state index is 11.9. The number of nitrogens with two attached hydrogens (primary N) is 1. The molecule has 0 aliphatic carbocycles. The van der Waals surface area contributed by atoms with Crippen LogP contribution >= 0.6 is 12.2 Å². The molecule has 0 heterocycles. The number of nitrogens with one attached hydrogen (secondary N) is 1. The van der Waals surface area contributed by atoms with Crippen LogP contribution in [0.3, 0.4) is 0 Å². The Labute approximate surface area is 117 Å². The minimum atomic E-state index is 0.0804. The minimum absolute atomic E-state index is 0.0804. The van der Waals surface area contributed by atoms with Crippen molar-refractivity contribution in [3.63, 3.8) is 0 Å². The van der Waals surface area contributed by atoms with Crippen molar-refractivity contribution in [2.24, 2.45) is 17.1 Å². The van der Waals surface area contributed by atoms with E-state index in [1.165, 1.54) is 0 Å². The lowest BCUT2D eigenvalue weighted by molar-refractivity contribution is -0.122. The lowest BCUT2D eigenvalue weighted by Gasteiger charge is -2.24. The molecule has 0 saturated heterocycles. The average Bonchev–Trinajstić information content (AvgIpc) is 2.12. The van der Waals surface area contributed by atoms with Crippen LogP contribution in [0, 0.1) is 11.3 Å². The molecule has 0 aliphatic rings. The van der Waals surface area contributed by atoms with Crippen molar-refractivity contribution >= 4 is 23.1 Å². The molecule has 1 amide bonds. The Kier molecular flexibility index (Phi) is 7.45. The SMILES string of the molecule is CCC(CC(N)=S)NC(=O)CC(C)CC(C)(C)C. The van der Waals surface area contributed by atoms with Gasteiger partial charge in [-0.1, -0.05) is 46.8 Å². The van der Waals surface area contributed by atoms with Gasteiger partial charge in [0.05, 0.1) is 4.99 Å². The van der Waals surface area contributed by atoms with Gasteiger partial charge in [0.2, 0.25) is 5.91 Å². The van der Waals surface area contributed by atoms with E-state index in [4.69, 9.17) is 18.0 Å². The van der Waals surface area contributed by atoms with Gasteiger partial charge in [-0.25, -0.2) is 0 Å². The summed E-state index contributed by atoms with van der Waals surface area (Å²) in [6, 6.07) is 0.0804. The van der Waals surface area contributed by atoms with E-state index >= 15 is 0 Å². The van der Waals surface area contributed by atoms with Crippen molar-refractivity contribution in [1.82, 2.24) is 5.32 Å². The van der Waals surface area contributed by atoms with Crippen LogP contribution in [0.15, 0.2) is 0 Å². The summed E-state index contributed by atoms with van der Waals surface area (Å²) in [6.45, 7) is 10.7. The molecule has 0 spiro atoms. The van der Waals surface area contributed by atoms with E-state index in [1.807, 2.05) is 6.92 Å². The molecule has 0 radical (unpaired) electrons. The van der Waals surface area contributed by atoms with Gasteiger partial charge in [-0.05, 0) is 24.2 Å². The first-order chi connectivity index (χ1) is 8.14. The van der Waals surface area contributed by atoms with Crippen molar-refractivity contribution in [1.29, 1.82) is 0 Å². The molecular weight excluding hydrogens is 244 g/mol. The summed E-state index contributed by atoms with van der Waals surface area (Å²) in [4.78, 5) is 12.4. The fraction of sp³-hybridized carbons (Fsp3) is 0.857. The van der Waals surface area contributed by atoms with Crippen LogP contribution in [0.2, 0.25) is 0 Å². The first-order valence-electron chi connectivity index (χ1n) is 6.71. The summed E-state index contributed by atoms with van der Waals surface area (Å²) in [7, 11) is 0. The van der Waals surface area contributed by atoms with Crippen LogP contribution < -0.4 is 11.1 Å². The van der Waals surface area contributed by atoms with E-state index in [9.17, 15) is 4.79 Å². The second kappa shape index (κ2) is 7.72. The number of hydrogen-bond donors (Lipinski definition) is 2. The number of rotatable bonds is 7. The molecule has 106 valence electrons. The smallest absolute Gasteiger partial charge is 0.220 e. The molecular formula is C14H28N2OS. The van der Waals surface area contributed by atoms with Gasteiger partial charge >= 0.3 is 0 Å². The minimum Gasteiger partial charge on any atom is -0.393 e. The van der Waals surface area contributed by atoms with Gasteiger partial charge in [0.1, 0.15) is 0 Å². The van der Waals surface area contributed by atoms with Crippen LogP contribution in [0.4, 0.5) is 0 Å². The standard InChI is InChI=1S/C14H28N2OS/c1-6-11(8-12(15)18)16-13(17)7-10(2)9-14(3,4)5/h10-11H,6-9H2,1-5H3,(H2,15,18)(H,16,17). The Bertz CT molecular complexity index is 284. The predicted molar refractivity (Wildman–Crippen MR) is 81.5 cm³/mol. The molecule has 0 aromatic heterocycles. The van der Waals surface area contributed by atoms with E-state index in [-0.39, 0.29) is 17.4 Å². The number of amides is 1. The van der Waals surface area contributed by atoms with Gasteiger partial charge in [-0.15, -0.1) is 0 Å². The molecule has 4 heteroatoms.